The van der Waals surface area contributed by atoms with Crippen LogP contribution in [0, 0.1) is 11.8 Å². The van der Waals surface area contributed by atoms with E-state index >= 15 is 0 Å². The minimum atomic E-state index is 0.710. The molecule has 2 atom stereocenters. The van der Waals surface area contributed by atoms with Crippen molar-refractivity contribution in [2.45, 2.75) is 32.1 Å². The van der Waals surface area contributed by atoms with E-state index in [1.54, 1.807) is 18.6 Å². The minimum absolute atomic E-state index is 0.710. The standard InChI is InChI=1S/C13H21N3OS/c1-17-7-6-12-14-13(18-15-12)16-8-10-4-2-3-5-11(10)9-16/h10-11H,2-9H2,1H3. The third-order valence-electron chi connectivity index (χ3n) is 4.23. The summed E-state index contributed by atoms with van der Waals surface area (Å²) in [6.45, 7) is 3.11. The summed E-state index contributed by atoms with van der Waals surface area (Å²) < 4.78 is 9.49. The Labute approximate surface area is 113 Å². The van der Waals surface area contributed by atoms with E-state index in [9.17, 15) is 0 Å². The van der Waals surface area contributed by atoms with Crippen molar-refractivity contribution < 1.29 is 4.74 Å². The molecule has 2 aliphatic rings. The van der Waals surface area contributed by atoms with Gasteiger partial charge in [-0.15, -0.1) is 0 Å². The van der Waals surface area contributed by atoms with Crippen LogP contribution >= 0.6 is 11.5 Å². The second kappa shape index (κ2) is 5.53. The summed E-state index contributed by atoms with van der Waals surface area (Å²) in [6.07, 6.45) is 6.50. The van der Waals surface area contributed by atoms with E-state index in [4.69, 9.17) is 4.74 Å². The fourth-order valence-corrected chi connectivity index (χ4v) is 3.96. The van der Waals surface area contributed by atoms with Crippen LogP contribution < -0.4 is 4.90 Å². The summed E-state index contributed by atoms with van der Waals surface area (Å²) in [4.78, 5) is 7.09. The van der Waals surface area contributed by atoms with E-state index in [0.29, 0.717) is 6.61 Å². The number of fused-ring (bicyclic) bond motifs is 1. The van der Waals surface area contributed by atoms with Crippen molar-refractivity contribution in [1.29, 1.82) is 0 Å². The second-order valence-corrected chi connectivity index (χ2v) is 6.18. The molecule has 18 heavy (non-hydrogen) atoms. The van der Waals surface area contributed by atoms with E-state index in [1.165, 1.54) is 38.8 Å². The average Bonchev–Trinajstić information content (AvgIpc) is 3.02. The minimum Gasteiger partial charge on any atom is -0.384 e. The number of methoxy groups -OCH3 is 1. The molecule has 1 aromatic heterocycles. The number of aromatic nitrogens is 2. The lowest BCUT2D eigenvalue weighted by molar-refractivity contribution is 0.201. The van der Waals surface area contributed by atoms with Crippen LogP contribution in [0.5, 0.6) is 0 Å². The van der Waals surface area contributed by atoms with Gasteiger partial charge in [-0.1, -0.05) is 12.8 Å². The first-order valence-corrected chi connectivity index (χ1v) is 7.70. The summed E-state index contributed by atoms with van der Waals surface area (Å²) in [5, 5.41) is 1.12. The van der Waals surface area contributed by atoms with Crippen molar-refractivity contribution in [3.8, 4) is 0 Å². The van der Waals surface area contributed by atoms with Crippen molar-refractivity contribution in [2.75, 3.05) is 31.7 Å². The number of ether oxygens (including phenoxy) is 1. The zero-order valence-electron chi connectivity index (χ0n) is 11.0. The maximum atomic E-state index is 5.07. The molecule has 0 bridgehead atoms. The van der Waals surface area contributed by atoms with Gasteiger partial charge in [-0.2, -0.15) is 4.37 Å². The molecule has 2 fully saturated rings. The van der Waals surface area contributed by atoms with E-state index in [-0.39, 0.29) is 0 Å². The second-order valence-electron chi connectivity index (χ2n) is 5.45. The molecule has 1 aliphatic heterocycles. The molecule has 1 aromatic rings. The maximum Gasteiger partial charge on any atom is 0.205 e. The zero-order valence-corrected chi connectivity index (χ0v) is 11.8. The van der Waals surface area contributed by atoms with Gasteiger partial charge in [0.25, 0.3) is 0 Å². The Kier molecular flexibility index (Phi) is 3.80. The third-order valence-corrected chi connectivity index (χ3v) is 5.05. The number of hydrogen-bond donors (Lipinski definition) is 0. The smallest absolute Gasteiger partial charge is 0.205 e. The van der Waals surface area contributed by atoms with E-state index in [2.05, 4.69) is 14.3 Å². The number of nitrogens with zero attached hydrogens (tertiary/aromatic N) is 3. The Morgan fingerprint density at radius 2 is 2.00 bits per heavy atom. The van der Waals surface area contributed by atoms with Crippen molar-refractivity contribution in [1.82, 2.24) is 9.36 Å². The van der Waals surface area contributed by atoms with Gasteiger partial charge < -0.3 is 9.64 Å². The molecule has 0 radical (unpaired) electrons. The van der Waals surface area contributed by atoms with Gasteiger partial charge >= 0.3 is 0 Å². The Balaban J connectivity index is 1.63. The average molecular weight is 267 g/mol. The molecule has 4 nitrogen and oxygen atoms in total. The molecule has 3 rings (SSSR count). The molecule has 0 amide bonds. The van der Waals surface area contributed by atoms with E-state index in [0.717, 1.165) is 29.2 Å². The Morgan fingerprint density at radius 3 is 2.67 bits per heavy atom. The van der Waals surface area contributed by atoms with Crippen molar-refractivity contribution in [3.63, 3.8) is 0 Å². The highest BCUT2D eigenvalue weighted by Crippen LogP contribution is 2.38. The van der Waals surface area contributed by atoms with Gasteiger partial charge in [-0.3, -0.25) is 0 Å². The monoisotopic (exact) mass is 267 g/mol. The highest BCUT2D eigenvalue weighted by molar-refractivity contribution is 7.09. The largest absolute Gasteiger partial charge is 0.384 e. The maximum absolute atomic E-state index is 5.07. The van der Waals surface area contributed by atoms with E-state index < -0.39 is 0 Å². The molecule has 0 spiro atoms. The lowest BCUT2D eigenvalue weighted by Gasteiger charge is -2.22. The molecule has 2 heterocycles. The molecule has 2 unspecified atom stereocenters. The van der Waals surface area contributed by atoms with Crippen LogP contribution in [0.15, 0.2) is 0 Å². The summed E-state index contributed by atoms with van der Waals surface area (Å²) in [7, 11) is 1.72. The molecular formula is C13H21N3OS. The van der Waals surface area contributed by atoms with E-state index in [1.807, 2.05) is 0 Å². The first-order chi connectivity index (χ1) is 8.86. The van der Waals surface area contributed by atoms with Crippen LogP contribution in [0.3, 0.4) is 0 Å². The van der Waals surface area contributed by atoms with Gasteiger partial charge in [-0.05, 0) is 24.7 Å². The molecule has 0 aromatic carbocycles. The van der Waals surface area contributed by atoms with Crippen molar-refractivity contribution in [2.24, 2.45) is 11.8 Å². The SMILES string of the molecule is COCCc1nsc(N2CC3CCCCC3C2)n1. The topological polar surface area (TPSA) is 38.2 Å². The molecular weight excluding hydrogens is 246 g/mol. The summed E-state index contributed by atoms with van der Waals surface area (Å²) >= 11 is 1.55. The van der Waals surface area contributed by atoms with Gasteiger partial charge in [0.15, 0.2) is 0 Å². The normalized spacial score (nSPS) is 27.5. The van der Waals surface area contributed by atoms with Crippen LogP contribution in [0.1, 0.15) is 31.5 Å². The fourth-order valence-electron chi connectivity index (χ4n) is 3.23. The highest BCUT2D eigenvalue weighted by Gasteiger charge is 2.35. The summed E-state index contributed by atoms with van der Waals surface area (Å²) in [5.74, 6) is 2.75. The van der Waals surface area contributed by atoms with Crippen LogP contribution in [-0.4, -0.2) is 36.2 Å². The van der Waals surface area contributed by atoms with Gasteiger partial charge in [0.1, 0.15) is 5.82 Å². The Hall–Kier alpha value is -0.680. The van der Waals surface area contributed by atoms with Gasteiger partial charge in [0, 0.05) is 38.2 Å². The van der Waals surface area contributed by atoms with Crippen LogP contribution in [0.4, 0.5) is 5.13 Å². The number of rotatable bonds is 4. The summed E-state index contributed by atoms with van der Waals surface area (Å²) in [6, 6.07) is 0. The lowest BCUT2D eigenvalue weighted by atomic mass is 9.82. The number of anilines is 1. The van der Waals surface area contributed by atoms with Gasteiger partial charge in [-0.25, -0.2) is 4.98 Å². The number of hydrogen-bond acceptors (Lipinski definition) is 5. The Bertz CT molecular complexity index is 381. The predicted molar refractivity (Wildman–Crippen MR) is 73.2 cm³/mol. The highest BCUT2D eigenvalue weighted by atomic mass is 32.1. The molecule has 1 aliphatic carbocycles. The molecule has 5 heteroatoms. The molecule has 1 saturated heterocycles. The van der Waals surface area contributed by atoms with Crippen molar-refractivity contribution in [3.05, 3.63) is 5.82 Å². The fraction of sp³-hybridized carbons (Fsp3) is 0.846. The summed E-state index contributed by atoms with van der Waals surface area (Å²) in [5.41, 5.74) is 0. The quantitative estimate of drug-likeness (QED) is 0.839. The predicted octanol–water partition coefficient (Wildman–Crippen LogP) is 2.35. The lowest BCUT2D eigenvalue weighted by Crippen LogP contribution is -2.19. The molecule has 1 saturated carbocycles. The first-order valence-electron chi connectivity index (χ1n) is 6.93. The van der Waals surface area contributed by atoms with Crippen molar-refractivity contribution >= 4 is 16.7 Å². The van der Waals surface area contributed by atoms with Crippen LogP contribution in [0.25, 0.3) is 0 Å². The third kappa shape index (κ3) is 2.52. The van der Waals surface area contributed by atoms with Crippen LogP contribution in [0.2, 0.25) is 0 Å². The van der Waals surface area contributed by atoms with Gasteiger partial charge in [0.2, 0.25) is 5.13 Å². The van der Waals surface area contributed by atoms with Gasteiger partial charge in [0.05, 0.1) is 6.61 Å². The molecule has 0 N–H and O–H groups in total. The zero-order chi connectivity index (χ0) is 12.4. The Morgan fingerprint density at radius 1 is 1.28 bits per heavy atom. The molecule has 100 valence electrons. The first kappa shape index (κ1) is 12.4. The van der Waals surface area contributed by atoms with Crippen LogP contribution in [-0.2, 0) is 11.2 Å².